The largest absolute Gasteiger partial charge is 0.482 e. The molecule has 0 spiro atoms. The third-order valence-electron chi connectivity index (χ3n) is 3.89. The first kappa shape index (κ1) is 17.6. The first-order chi connectivity index (χ1) is 12.7. The Morgan fingerprint density at radius 2 is 1.62 bits per heavy atom. The summed E-state index contributed by atoms with van der Waals surface area (Å²) in [5.74, 6) is -0.419. The van der Waals surface area contributed by atoms with Crippen LogP contribution in [0.4, 0.5) is 0 Å². The van der Waals surface area contributed by atoms with E-state index >= 15 is 0 Å². The number of carboxylic acid groups (broad SMARTS) is 1. The van der Waals surface area contributed by atoms with Crippen molar-refractivity contribution < 1.29 is 14.6 Å². The molecule has 5 nitrogen and oxygen atoms in total. The Kier molecular flexibility index (Phi) is 5.96. The van der Waals surface area contributed by atoms with Crippen molar-refractivity contribution >= 4 is 5.97 Å². The molecule has 0 aliphatic heterocycles. The van der Waals surface area contributed by atoms with E-state index in [4.69, 9.17) is 9.84 Å². The maximum Gasteiger partial charge on any atom is 0.341 e. The topological polar surface area (TPSA) is 71.5 Å². The zero-order valence-electron chi connectivity index (χ0n) is 14.3. The van der Waals surface area contributed by atoms with Crippen LogP contribution in [0.5, 0.6) is 5.75 Å². The molecule has 0 aliphatic carbocycles. The maximum atomic E-state index is 10.6. The molecule has 3 rings (SSSR count). The van der Waals surface area contributed by atoms with E-state index in [9.17, 15) is 4.79 Å². The van der Waals surface area contributed by atoms with Crippen molar-refractivity contribution in [3.05, 3.63) is 84.2 Å². The van der Waals surface area contributed by atoms with Crippen molar-refractivity contribution in [2.24, 2.45) is 0 Å². The quantitative estimate of drug-likeness (QED) is 0.652. The summed E-state index contributed by atoms with van der Waals surface area (Å²) in [5.41, 5.74) is 4.56. The minimum absolute atomic E-state index is 0.333. The third-order valence-corrected chi connectivity index (χ3v) is 3.89. The van der Waals surface area contributed by atoms with Crippen molar-refractivity contribution in [1.82, 2.24) is 10.3 Å². The molecule has 5 heteroatoms. The minimum atomic E-state index is -0.983. The second-order valence-electron chi connectivity index (χ2n) is 5.87. The lowest BCUT2D eigenvalue weighted by molar-refractivity contribution is -0.139. The van der Waals surface area contributed by atoms with Crippen molar-refractivity contribution in [3.8, 4) is 16.9 Å². The summed E-state index contributed by atoms with van der Waals surface area (Å²) in [4.78, 5) is 14.6. The van der Waals surface area contributed by atoms with Crippen LogP contribution >= 0.6 is 0 Å². The number of rotatable bonds is 8. The number of aromatic nitrogens is 1. The SMILES string of the molecule is O=C(O)COc1cccc(CNCc2ccc(-c3ccncc3)cc2)c1. The van der Waals surface area contributed by atoms with Crippen LogP contribution in [0.1, 0.15) is 11.1 Å². The molecule has 0 saturated carbocycles. The Labute approximate surface area is 152 Å². The Morgan fingerprint density at radius 3 is 2.35 bits per heavy atom. The fourth-order valence-corrected chi connectivity index (χ4v) is 2.60. The highest BCUT2D eigenvalue weighted by atomic mass is 16.5. The molecule has 0 saturated heterocycles. The van der Waals surface area contributed by atoms with E-state index in [-0.39, 0.29) is 6.61 Å². The molecule has 0 bridgehead atoms. The molecule has 0 amide bonds. The lowest BCUT2D eigenvalue weighted by Crippen LogP contribution is -2.13. The van der Waals surface area contributed by atoms with Crippen LogP contribution in [0.2, 0.25) is 0 Å². The van der Waals surface area contributed by atoms with E-state index in [1.165, 1.54) is 11.1 Å². The van der Waals surface area contributed by atoms with Gasteiger partial charge in [-0.1, -0.05) is 36.4 Å². The van der Waals surface area contributed by atoms with E-state index in [0.717, 1.165) is 17.7 Å². The minimum Gasteiger partial charge on any atom is -0.482 e. The molecule has 0 fully saturated rings. The number of pyridine rings is 1. The van der Waals surface area contributed by atoms with E-state index in [2.05, 4.69) is 34.6 Å². The lowest BCUT2D eigenvalue weighted by Gasteiger charge is -2.08. The van der Waals surface area contributed by atoms with Gasteiger partial charge in [-0.05, 0) is 46.5 Å². The molecule has 0 aliphatic rings. The van der Waals surface area contributed by atoms with Crippen LogP contribution in [-0.2, 0) is 17.9 Å². The summed E-state index contributed by atoms with van der Waals surface area (Å²) in [7, 11) is 0. The van der Waals surface area contributed by atoms with Gasteiger partial charge in [0.1, 0.15) is 5.75 Å². The summed E-state index contributed by atoms with van der Waals surface area (Å²) in [5, 5.41) is 12.1. The van der Waals surface area contributed by atoms with Gasteiger partial charge in [-0.2, -0.15) is 0 Å². The zero-order chi connectivity index (χ0) is 18.2. The van der Waals surface area contributed by atoms with Crippen LogP contribution in [0.25, 0.3) is 11.1 Å². The molecule has 0 atom stereocenters. The van der Waals surface area contributed by atoms with Gasteiger partial charge in [0, 0.05) is 25.5 Å². The van der Waals surface area contributed by atoms with Crippen LogP contribution in [0.15, 0.2) is 73.1 Å². The Bertz CT molecular complexity index is 849. The molecule has 132 valence electrons. The van der Waals surface area contributed by atoms with E-state index in [1.54, 1.807) is 18.5 Å². The average Bonchev–Trinajstić information content (AvgIpc) is 2.68. The fraction of sp³-hybridized carbons (Fsp3) is 0.143. The zero-order valence-corrected chi connectivity index (χ0v) is 14.3. The molecule has 1 aromatic heterocycles. The highest BCUT2D eigenvalue weighted by Gasteiger charge is 2.01. The standard InChI is InChI=1S/C21H20N2O3/c24-21(25)15-26-20-3-1-2-17(12-20)14-23-13-16-4-6-18(7-5-16)19-8-10-22-11-9-19/h1-12,23H,13-15H2,(H,24,25). The number of nitrogens with zero attached hydrogens (tertiary/aromatic N) is 1. The van der Waals surface area contributed by atoms with Crippen LogP contribution in [0, 0.1) is 0 Å². The van der Waals surface area contributed by atoms with Crippen molar-refractivity contribution in [2.45, 2.75) is 13.1 Å². The number of aliphatic carboxylic acids is 1. The monoisotopic (exact) mass is 348 g/mol. The number of hydrogen-bond acceptors (Lipinski definition) is 4. The number of nitrogens with one attached hydrogen (secondary N) is 1. The summed E-state index contributed by atoms with van der Waals surface area (Å²) < 4.78 is 5.20. The predicted octanol–water partition coefficient (Wildman–Crippen LogP) is 3.50. The van der Waals surface area contributed by atoms with Crippen molar-refractivity contribution in [3.63, 3.8) is 0 Å². The number of carbonyl (C=O) groups is 1. The first-order valence-electron chi connectivity index (χ1n) is 8.34. The number of hydrogen-bond donors (Lipinski definition) is 2. The van der Waals surface area contributed by atoms with Crippen molar-refractivity contribution in [2.75, 3.05) is 6.61 Å². The molecule has 26 heavy (non-hydrogen) atoms. The Hall–Kier alpha value is -3.18. The van der Waals surface area contributed by atoms with Gasteiger partial charge in [0.05, 0.1) is 0 Å². The van der Waals surface area contributed by atoms with E-state index < -0.39 is 5.97 Å². The molecular weight excluding hydrogens is 328 g/mol. The molecule has 1 heterocycles. The van der Waals surface area contributed by atoms with Gasteiger partial charge in [-0.3, -0.25) is 4.98 Å². The first-order valence-corrected chi connectivity index (χ1v) is 8.34. The summed E-state index contributed by atoms with van der Waals surface area (Å²) in [6.07, 6.45) is 3.58. The van der Waals surface area contributed by atoms with Crippen LogP contribution < -0.4 is 10.1 Å². The van der Waals surface area contributed by atoms with Gasteiger partial charge >= 0.3 is 5.97 Å². The summed E-state index contributed by atoms with van der Waals surface area (Å²) in [6, 6.07) is 19.8. The molecule has 2 N–H and O–H groups in total. The second kappa shape index (κ2) is 8.78. The average molecular weight is 348 g/mol. The van der Waals surface area contributed by atoms with Gasteiger partial charge < -0.3 is 15.2 Å². The highest BCUT2D eigenvalue weighted by molar-refractivity contribution is 5.68. The normalized spacial score (nSPS) is 10.5. The summed E-state index contributed by atoms with van der Waals surface area (Å²) in [6.45, 7) is 1.09. The molecular formula is C21H20N2O3. The lowest BCUT2D eigenvalue weighted by atomic mass is 10.1. The Balaban J connectivity index is 1.52. The van der Waals surface area contributed by atoms with E-state index in [1.807, 2.05) is 30.3 Å². The van der Waals surface area contributed by atoms with Crippen LogP contribution in [-0.4, -0.2) is 22.7 Å². The van der Waals surface area contributed by atoms with Gasteiger partial charge in [0.25, 0.3) is 0 Å². The molecule has 2 aromatic carbocycles. The van der Waals surface area contributed by atoms with Gasteiger partial charge in [-0.25, -0.2) is 4.79 Å². The van der Waals surface area contributed by atoms with E-state index in [0.29, 0.717) is 12.3 Å². The molecule has 3 aromatic rings. The molecule has 0 unspecified atom stereocenters. The fourth-order valence-electron chi connectivity index (χ4n) is 2.60. The van der Waals surface area contributed by atoms with Gasteiger partial charge in [0.2, 0.25) is 0 Å². The molecule has 0 radical (unpaired) electrons. The second-order valence-corrected chi connectivity index (χ2v) is 5.87. The number of ether oxygens (including phenoxy) is 1. The van der Waals surface area contributed by atoms with Crippen molar-refractivity contribution in [1.29, 1.82) is 0 Å². The van der Waals surface area contributed by atoms with Crippen LogP contribution in [0.3, 0.4) is 0 Å². The predicted molar refractivity (Wildman–Crippen MR) is 99.8 cm³/mol. The highest BCUT2D eigenvalue weighted by Crippen LogP contribution is 2.19. The number of carboxylic acids is 1. The van der Waals surface area contributed by atoms with Gasteiger partial charge in [-0.15, -0.1) is 0 Å². The number of benzene rings is 2. The maximum absolute atomic E-state index is 10.6. The third kappa shape index (κ3) is 5.16. The Morgan fingerprint density at radius 1 is 0.923 bits per heavy atom. The summed E-state index contributed by atoms with van der Waals surface area (Å²) >= 11 is 0. The smallest absolute Gasteiger partial charge is 0.341 e. The van der Waals surface area contributed by atoms with Gasteiger partial charge in [0.15, 0.2) is 6.61 Å².